The van der Waals surface area contributed by atoms with Crippen molar-refractivity contribution in [1.82, 2.24) is 0 Å². The van der Waals surface area contributed by atoms with E-state index in [0.717, 1.165) is 12.8 Å². The maximum absolute atomic E-state index is 10.8. The van der Waals surface area contributed by atoms with Gasteiger partial charge >= 0.3 is 11.9 Å². The van der Waals surface area contributed by atoms with Gasteiger partial charge in [-0.1, -0.05) is 0 Å². The van der Waals surface area contributed by atoms with Crippen molar-refractivity contribution >= 4 is 11.9 Å². The van der Waals surface area contributed by atoms with Crippen LogP contribution < -0.4 is 0 Å². The molecule has 0 unspecified atom stereocenters. The second-order valence-electron chi connectivity index (χ2n) is 4.21. The molecule has 6 nitrogen and oxygen atoms in total. The first kappa shape index (κ1) is 13.9. The molecular formula is C11H18O6. The van der Waals surface area contributed by atoms with Gasteiger partial charge in [-0.2, -0.15) is 0 Å². The number of methoxy groups -OCH3 is 3. The largest absolute Gasteiger partial charge is 0.467 e. The van der Waals surface area contributed by atoms with Crippen LogP contribution in [0.2, 0.25) is 0 Å². The van der Waals surface area contributed by atoms with E-state index in [-0.39, 0.29) is 5.97 Å². The van der Waals surface area contributed by atoms with Gasteiger partial charge in [0.15, 0.2) is 11.2 Å². The Kier molecular flexibility index (Phi) is 4.11. The molecule has 2 rings (SSSR count). The first-order chi connectivity index (χ1) is 7.94. The highest BCUT2D eigenvalue weighted by atomic mass is 16.6. The Labute approximate surface area is 99.8 Å². The van der Waals surface area contributed by atoms with Crippen LogP contribution in [0.1, 0.15) is 25.7 Å². The quantitative estimate of drug-likeness (QED) is 0.707. The van der Waals surface area contributed by atoms with Crippen molar-refractivity contribution in [3.8, 4) is 0 Å². The van der Waals surface area contributed by atoms with E-state index in [4.69, 9.17) is 9.84 Å². The Hall–Kier alpha value is -1.14. The summed E-state index contributed by atoms with van der Waals surface area (Å²) in [6, 6.07) is 0. The fourth-order valence-electron chi connectivity index (χ4n) is 1.30. The molecule has 0 aromatic carbocycles. The molecule has 0 bridgehead atoms. The Bertz CT molecular complexity index is 303. The molecule has 0 amide bonds. The van der Waals surface area contributed by atoms with Crippen molar-refractivity contribution in [3.63, 3.8) is 0 Å². The molecule has 0 aromatic rings. The third-order valence-electron chi connectivity index (χ3n) is 2.94. The lowest BCUT2D eigenvalue weighted by molar-refractivity contribution is -0.155. The molecule has 0 atom stereocenters. The van der Waals surface area contributed by atoms with Gasteiger partial charge in [-0.25, -0.2) is 9.59 Å². The third-order valence-corrected chi connectivity index (χ3v) is 2.94. The van der Waals surface area contributed by atoms with Gasteiger partial charge in [0.2, 0.25) is 0 Å². The molecule has 0 spiro atoms. The maximum atomic E-state index is 10.8. The van der Waals surface area contributed by atoms with E-state index >= 15 is 0 Å². The number of ether oxygens (including phenoxy) is 3. The fraction of sp³-hybridized carbons (Fsp3) is 0.818. The molecule has 17 heavy (non-hydrogen) atoms. The summed E-state index contributed by atoms with van der Waals surface area (Å²) in [5.41, 5.74) is -1.66. The molecule has 98 valence electrons. The number of rotatable bonds is 3. The number of carbonyl (C=O) groups excluding carboxylic acids is 2. The van der Waals surface area contributed by atoms with Gasteiger partial charge in [-0.05, 0) is 25.7 Å². The number of esters is 2. The number of hydrogen-bond acceptors (Lipinski definition) is 6. The Morgan fingerprint density at radius 1 is 0.941 bits per heavy atom. The number of aliphatic hydroxyl groups is 1. The summed E-state index contributed by atoms with van der Waals surface area (Å²) in [6.07, 6.45) is 2.71. The molecule has 1 N–H and O–H groups in total. The number of hydrogen-bond donors (Lipinski definition) is 1. The summed E-state index contributed by atoms with van der Waals surface area (Å²) in [4.78, 5) is 21.2. The van der Waals surface area contributed by atoms with Gasteiger partial charge in [0, 0.05) is 7.11 Å². The smallest absolute Gasteiger partial charge is 0.338 e. The zero-order valence-corrected chi connectivity index (χ0v) is 10.3. The standard InChI is InChI=1S/C6H10O3.C5H8O3/c1-8-5(7)6(9-2)3-4-6;1-8-4(6)5(7)2-3-5/h3-4H2,1-2H3;7H,2-3H2,1H3. The van der Waals surface area contributed by atoms with Crippen LogP contribution in [0.5, 0.6) is 0 Å². The van der Waals surface area contributed by atoms with Crippen LogP contribution in [0.25, 0.3) is 0 Å². The van der Waals surface area contributed by atoms with E-state index in [1.807, 2.05) is 0 Å². The van der Waals surface area contributed by atoms with Crippen molar-refractivity contribution < 1.29 is 28.9 Å². The van der Waals surface area contributed by atoms with Crippen molar-refractivity contribution in [1.29, 1.82) is 0 Å². The van der Waals surface area contributed by atoms with E-state index in [9.17, 15) is 9.59 Å². The van der Waals surface area contributed by atoms with Gasteiger partial charge in [0.1, 0.15) is 0 Å². The molecule has 2 saturated carbocycles. The monoisotopic (exact) mass is 246 g/mol. The predicted molar refractivity (Wildman–Crippen MR) is 57.2 cm³/mol. The molecule has 0 aromatic heterocycles. The normalized spacial score (nSPS) is 21.6. The summed E-state index contributed by atoms with van der Waals surface area (Å²) in [5, 5.41) is 8.92. The van der Waals surface area contributed by atoms with Crippen LogP contribution in [-0.4, -0.2) is 49.6 Å². The van der Waals surface area contributed by atoms with Crippen molar-refractivity contribution in [2.75, 3.05) is 21.3 Å². The van der Waals surface area contributed by atoms with Gasteiger partial charge in [0.25, 0.3) is 0 Å². The van der Waals surface area contributed by atoms with E-state index in [2.05, 4.69) is 9.47 Å². The second-order valence-corrected chi connectivity index (χ2v) is 4.21. The minimum Gasteiger partial charge on any atom is -0.467 e. The lowest BCUT2D eigenvalue weighted by Gasteiger charge is -2.08. The highest BCUT2D eigenvalue weighted by Crippen LogP contribution is 2.39. The van der Waals surface area contributed by atoms with E-state index in [1.54, 1.807) is 0 Å². The highest BCUT2D eigenvalue weighted by Gasteiger charge is 2.51. The third kappa shape index (κ3) is 3.17. The molecule has 2 aliphatic rings. The lowest BCUT2D eigenvalue weighted by atomic mass is 10.3. The van der Waals surface area contributed by atoms with Crippen LogP contribution in [0.15, 0.2) is 0 Å². The van der Waals surface area contributed by atoms with Crippen LogP contribution in [0, 0.1) is 0 Å². The molecule has 0 aliphatic heterocycles. The van der Waals surface area contributed by atoms with Gasteiger partial charge < -0.3 is 19.3 Å². The minimum absolute atomic E-state index is 0.245. The van der Waals surface area contributed by atoms with E-state index < -0.39 is 17.2 Å². The first-order valence-electron chi connectivity index (χ1n) is 5.38. The minimum atomic E-state index is -1.10. The first-order valence-corrected chi connectivity index (χ1v) is 5.38. The van der Waals surface area contributed by atoms with Crippen LogP contribution >= 0.6 is 0 Å². The average Bonchev–Trinajstić information content (AvgIpc) is 3.24. The molecular weight excluding hydrogens is 228 g/mol. The van der Waals surface area contributed by atoms with Crippen molar-refractivity contribution in [2.45, 2.75) is 36.9 Å². The summed E-state index contributed by atoms with van der Waals surface area (Å²) >= 11 is 0. The Balaban J connectivity index is 0.000000171. The van der Waals surface area contributed by atoms with E-state index in [1.165, 1.54) is 21.3 Å². The molecule has 0 heterocycles. The van der Waals surface area contributed by atoms with Gasteiger partial charge in [0.05, 0.1) is 14.2 Å². The molecule has 2 fully saturated rings. The summed E-state index contributed by atoms with van der Waals surface area (Å²) < 4.78 is 13.7. The summed E-state index contributed by atoms with van der Waals surface area (Å²) in [6.45, 7) is 0. The highest BCUT2D eigenvalue weighted by molar-refractivity contribution is 5.82. The maximum Gasteiger partial charge on any atom is 0.338 e. The van der Waals surface area contributed by atoms with Crippen LogP contribution in [0.4, 0.5) is 0 Å². The van der Waals surface area contributed by atoms with Crippen LogP contribution in [0.3, 0.4) is 0 Å². The van der Waals surface area contributed by atoms with Crippen molar-refractivity contribution in [2.24, 2.45) is 0 Å². The average molecular weight is 246 g/mol. The SMILES string of the molecule is COC(=O)C1(O)CC1.COC(=O)C1(OC)CC1. The fourth-order valence-corrected chi connectivity index (χ4v) is 1.30. The molecule has 0 saturated heterocycles. The zero-order chi connectivity index (χ0) is 13.1. The van der Waals surface area contributed by atoms with Gasteiger partial charge in [-0.3, -0.25) is 0 Å². The predicted octanol–water partition coefficient (Wildman–Crippen LogP) is 0.0227. The summed E-state index contributed by atoms with van der Waals surface area (Å²) in [7, 11) is 4.18. The van der Waals surface area contributed by atoms with Gasteiger partial charge in [-0.15, -0.1) is 0 Å². The van der Waals surface area contributed by atoms with E-state index in [0.29, 0.717) is 12.8 Å². The molecule has 6 heteroatoms. The van der Waals surface area contributed by atoms with Crippen LogP contribution in [-0.2, 0) is 23.8 Å². The lowest BCUT2D eigenvalue weighted by Crippen LogP contribution is -2.25. The number of carbonyl (C=O) groups is 2. The Morgan fingerprint density at radius 2 is 1.41 bits per heavy atom. The van der Waals surface area contributed by atoms with Crippen molar-refractivity contribution in [3.05, 3.63) is 0 Å². The summed E-state index contributed by atoms with van der Waals surface area (Å²) in [5.74, 6) is -0.748. The zero-order valence-electron chi connectivity index (χ0n) is 10.3. The topological polar surface area (TPSA) is 82.1 Å². The molecule has 2 aliphatic carbocycles. The Morgan fingerprint density at radius 3 is 1.53 bits per heavy atom. The molecule has 0 radical (unpaired) electrons. The second kappa shape index (κ2) is 5.01.